The number of rotatable bonds is 9. The normalized spacial score (nSPS) is 11.3. The number of imidazole rings is 1. The number of nitrogens with one attached hydrogen (secondary N) is 2. The maximum absolute atomic E-state index is 12.4. The number of aromatic nitrogens is 2. The van der Waals surface area contributed by atoms with Crippen LogP contribution in [0.2, 0.25) is 0 Å². The topological polar surface area (TPSA) is 102 Å². The summed E-state index contributed by atoms with van der Waals surface area (Å²) in [6.45, 7) is 0.690. The standard InChI is InChI=1S/C21H24N4O4S/c1-22-30(27,28)15-17-5-3-16(4-6-17)13-24-21(26)18-7-9-19(10-8-18)29-14-20-23-11-12-25(20)2/h3-12,22H,13-15H2,1-2H3,(H,24,26). The zero-order valence-electron chi connectivity index (χ0n) is 16.8. The van der Waals surface area contributed by atoms with Gasteiger partial charge in [-0.2, -0.15) is 0 Å². The number of carbonyl (C=O) groups is 1. The Kier molecular flexibility index (Phi) is 6.86. The largest absolute Gasteiger partial charge is 0.486 e. The molecule has 0 aliphatic rings. The maximum atomic E-state index is 12.4. The van der Waals surface area contributed by atoms with Gasteiger partial charge in [-0.05, 0) is 42.4 Å². The highest BCUT2D eigenvalue weighted by atomic mass is 32.2. The smallest absolute Gasteiger partial charge is 0.251 e. The zero-order valence-corrected chi connectivity index (χ0v) is 17.6. The Hall–Kier alpha value is -3.17. The molecule has 0 radical (unpaired) electrons. The summed E-state index contributed by atoms with van der Waals surface area (Å²) in [5, 5.41) is 2.85. The third-order valence-corrected chi connectivity index (χ3v) is 5.88. The number of benzene rings is 2. The molecule has 2 aromatic carbocycles. The number of amides is 1. The predicted octanol–water partition coefficient (Wildman–Crippen LogP) is 1.98. The van der Waals surface area contributed by atoms with E-state index >= 15 is 0 Å². The van der Waals surface area contributed by atoms with Crippen molar-refractivity contribution in [3.05, 3.63) is 83.4 Å². The van der Waals surface area contributed by atoms with E-state index in [2.05, 4.69) is 15.0 Å². The first-order valence-electron chi connectivity index (χ1n) is 9.32. The molecule has 0 aliphatic heterocycles. The molecular formula is C21H24N4O4S. The number of carbonyl (C=O) groups excluding carboxylic acids is 1. The first-order valence-corrected chi connectivity index (χ1v) is 11.0. The summed E-state index contributed by atoms with van der Waals surface area (Å²) < 4.78 is 33.0. The Labute approximate surface area is 176 Å². The van der Waals surface area contributed by atoms with Crippen LogP contribution in [0.5, 0.6) is 5.75 Å². The van der Waals surface area contributed by atoms with Gasteiger partial charge in [-0.1, -0.05) is 24.3 Å². The van der Waals surface area contributed by atoms with E-state index in [9.17, 15) is 13.2 Å². The van der Waals surface area contributed by atoms with Crippen molar-refractivity contribution in [1.29, 1.82) is 0 Å². The molecule has 8 nitrogen and oxygen atoms in total. The lowest BCUT2D eigenvalue weighted by molar-refractivity contribution is 0.0951. The van der Waals surface area contributed by atoms with Gasteiger partial charge in [0.2, 0.25) is 10.0 Å². The van der Waals surface area contributed by atoms with E-state index in [1.165, 1.54) is 7.05 Å². The van der Waals surface area contributed by atoms with Crippen LogP contribution in [-0.2, 0) is 36.0 Å². The Bertz CT molecular complexity index is 1090. The molecule has 1 heterocycles. The quantitative estimate of drug-likeness (QED) is 0.543. The molecule has 0 saturated carbocycles. The fraction of sp³-hybridized carbons (Fsp3) is 0.238. The van der Waals surface area contributed by atoms with Crippen molar-refractivity contribution < 1.29 is 17.9 Å². The van der Waals surface area contributed by atoms with Gasteiger partial charge in [-0.3, -0.25) is 4.79 Å². The SMILES string of the molecule is CNS(=O)(=O)Cc1ccc(CNC(=O)c2ccc(OCc3nccn3C)cc2)cc1. The molecule has 2 N–H and O–H groups in total. The lowest BCUT2D eigenvalue weighted by Crippen LogP contribution is -2.23. The zero-order chi connectivity index (χ0) is 21.6. The van der Waals surface area contributed by atoms with Crippen molar-refractivity contribution in [2.24, 2.45) is 7.05 Å². The summed E-state index contributed by atoms with van der Waals surface area (Å²) in [6.07, 6.45) is 3.56. The summed E-state index contributed by atoms with van der Waals surface area (Å²) >= 11 is 0. The minimum absolute atomic E-state index is 0.0787. The molecule has 158 valence electrons. The monoisotopic (exact) mass is 428 g/mol. The summed E-state index contributed by atoms with van der Waals surface area (Å²) in [6, 6.07) is 14.0. The Morgan fingerprint density at radius 3 is 2.33 bits per heavy atom. The average molecular weight is 429 g/mol. The van der Waals surface area contributed by atoms with Crippen molar-refractivity contribution in [3.63, 3.8) is 0 Å². The number of hydrogen-bond donors (Lipinski definition) is 2. The number of aryl methyl sites for hydroxylation is 1. The number of nitrogens with zero attached hydrogens (tertiary/aromatic N) is 2. The second kappa shape index (κ2) is 9.55. The van der Waals surface area contributed by atoms with Gasteiger partial charge >= 0.3 is 0 Å². The highest BCUT2D eigenvalue weighted by Crippen LogP contribution is 2.14. The Morgan fingerprint density at radius 2 is 1.73 bits per heavy atom. The second-order valence-corrected chi connectivity index (χ2v) is 8.66. The van der Waals surface area contributed by atoms with Crippen molar-refractivity contribution in [1.82, 2.24) is 19.6 Å². The van der Waals surface area contributed by atoms with Crippen molar-refractivity contribution in [2.75, 3.05) is 7.05 Å². The van der Waals surface area contributed by atoms with E-state index in [1.807, 2.05) is 17.8 Å². The van der Waals surface area contributed by atoms with Gasteiger partial charge in [-0.25, -0.2) is 18.1 Å². The Balaban J connectivity index is 1.50. The molecule has 3 rings (SSSR count). The van der Waals surface area contributed by atoms with E-state index in [4.69, 9.17) is 4.74 Å². The van der Waals surface area contributed by atoms with E-state index in [0.717, 1.165) is 11.4 Å². The predicted molar refractivity (Wildman–Crippen MR) is 113 cm³/mol. The molecule has 0 fully saturated rings. The van der Waals surface area contributed by atoms with Gasteiger partial charge < -0.3 is 14.6 Å². The molecule has 0 unspecified atom stereocenters. The molecule has 0 aliphatic carbocycles. The van der Waals surface area contributed by atoms with Crippen molar-refractivity contribution >= 4 is 15.9 Å². The fourth-order valence-corrected chi connectivity index (χ4v) is 3.49. The summed E-state index contributed by atoms with van der Waals surface area (Å²) in [5.41, 5.74) is 2.08. The highest BCUT2D eigenvalue weighted by molar-refractivity contribution is 7.88. The van der Waals surface area contributed by atoms with Gasteiger partial charge in [0, 0.05) is 31.5 Å². The van der Waals surface area contributed by atoms with E-state index < -0.39 is 10.0 Å². The third-order valence-electron chi connectivity index (χ3n) is 4.55. The average Bonchev–Trinajstić information content (AvgIpc) is 3.16. The lowest BCUT2D eigenvalue weighted by atomic mass is 10.1. The van der Waals surface area contributed by atoms with Crippen LogP contribution in [0.1, 0.15) is 27.3 Å². The number of ether oxygens (including phenoxy) is 1. The minimum Gasteiger partial charge on any atom is -0.486 e. The molecule has 9 heteroatoms. The van der Waals surface area contributed by atoms with Gasteiger partial charge in [0.05, 0.1) is 5.75 Å². The van der Waals surface area contributed by atoms with Gasteiger partial charge in [0.1, 0.15) is 18.2 Å². The first kappa shape index (κ1) is 21.5. The molecule has 0 atom stereocenters. The lowest BCUT2D eigenvalue weighted by Gasteiger charge is -2.09. The van der Waals surface area contributed by atoms with Crippen molar-refractivity contribution in [2.45, 2.75) is 18.9 Å². The third kappa shape index (κ3) is 5.91. The molecular weight excluding hydrogens is 404 g/mol. The molecule has 30 heavy (non-hydrogen) atoms. The van der Waals surface area contributed by atoms with Crippen LogP contribution in [0, 0.1) is 0 Å². The molecule has 1 amide bonds. The fourth-order valence-electron chi connectivity index (χ4n) is 2.72. The van der Waals surface area contributed by atoms with Crippen LogP contribution in [0.3, 0.4) is 0 Å². The van der Waals surface area contributed by atoms with Crippen LogP contribution in [0.15, 0.2) is 60.9 Å². The second-order valence-electron chi connectivity index (χ2n) is 6.73. The summed E-state index contributed by atoms with van der Waals surface area (Å²) in [7, 11) is -0.0175. The van der Waals surface area contributed by atoms with E-state index in [1.54, 1.807) is 54.7 Å². The summed E-state index contributed by atoms with van der Waals surface area (Å²) in [5.74, 6) is 1.19. The van der Waals surface area contributed by atoms with Gasteiger partial charge in [-0.15, -0.1) is 0 Å². The number of sulfonamides is 1. The van der Waals surface area contributed by atoms with Gasteiger partial charge in [0.15, 0.2) is 0 Å². The first-order chi connectivity index (χ1) is 14.4. The van der Waals surface area contributed by atoms with E-state index in [0.29, 0.717) is 30.0 Å². The van der Waals surface area contributed by atoms with E-state index in [-0.39, 0.29) is 11.7 Å². The molecule has 0 saturated heterocycles. The molecule has 1 aromatic heterocycles. The highest BCUT2D eigenvalue weighted by Gasteiger charge is 2.09. The van der Waals surface area contributed by atoms with Crippen LogP contribution < -0.4 is 14.8 Å². The van der Waals surface area contributed by atoms with Crippen LogP contribution in [0.4, 0.5) is 0 Å². The summed E-state index contributed by atoms with van der Waals surface area (Å²) in [4.78, 5) is 16.6. The van der Waals surface area contributed by atoms with Crippen LogP contribution >= 0.6 is 0 Å². The van der Waals surface area contributed by atoms with Crippen molar-refractivity contribution in [3.8, 4) is 5.75 Å². The number of hydrogen-bond acceptors (Lipinski definition) is 5. The molecule has 0 bridgehead atoms. The minimum atomic E-state index is -3.30. The molecule has 3 aromatic rings. The van der Waals surface area contributed by atoms with Gasteiger partial charge in [0.25, 0.3) is 5.91 Å². The van der Waals surface area contributed by atoms with Crippen LogP contribution in [0.25, 0.3) is 0 Å². The molecule has 0 spiro atoms. The maximum Gasteiger partial charge on any atom is 0.251 e. The van der Waals surface area contributed by atoms with Crippen LogP contribution in [-0.4, -0.2) is 30.9 Å². The Morgan fingerprint density at radius 1 is 1.07 bits per heavy atom.